The Labute approximate surface area is 168 Å². The molecule has 152 valence electrons. The number of aromatic nitrogens is 2. The number of rotatable bonds is 3. The number of hydrogen-bond donors (Lipinski definition) is 1. The second-order valence-electron chi connectivity index (χ2n) is 6.83. The van der Waals surface area contributed by atoms with E-state index in [1.807, 2.05) is 0 Å². The van der Waals surface area contributed by atoms with Crippen LogP contribution in [0.25, 0.3) is 16.2 Å². The first-order valence-corrected chi connectivity index (χ1v) is 9.81. The van der Waals surface area contributed by atoms with Crippen LogP contribution >= 0.6 is 11.3 Å². The molecule has 0 saturated carbocycles. The van der Waals surface area contributed by atoms with E-state index in [0.717, 1.165) is 12.1 Å². The molecule has 0 spiro atoms. The second-order valence-corrected chi connectivity index (χ2v) is 7.66. The molecule has 2 amide bonds. The third kappa shape index (κ3) is 3.59. The monoisotopic (exact) mass is 422 g/mol. The molecular weight excluding hydrogens is 405 g/mol. The summed E-state index contributed by atoms with van der Waals surface area (Å²) >= 11 is 1.28. The van der Waals surface area contributed by atoms with Crippen molar-refractivity contribution in [1.29, 1.82) is 0 Å². The highest BCUT2D eigenvalue weighted by Gasteiger charge is 2.32. The van der Waals surface area contributed by atoms with E-state index in [4.69, 9.17) is 0 Å². The molecule has 3 aromatic rings. The maximum Gasteiger partial charge on any atom is 0.416 e. The second kappa shape index (κ2) is 7.18. The molecule has 0 bridgehead atoms. The lowest BCUT2D eigenvalue weighted by Crippen LogP contribution is -2.33. The molecule has 29 heavy (non-hydrogen) atoms. The molecule has 1 aliphatic rings. The first kappa shape index (κ1) is 19.4. The summed E-state index contributed by atoms with van der Waals surface area (Å²) in [5.74, 6) is -0.495. The molecule has 1 N–H and O–H groups in total. The summed E-state index contributed by atoms with van der Waals surface area (Å²) in [5, 5.41) is 4.31. The molecule has 10 heteroatoms. The number of likely N-dealkylation sites (tertiary alicyclic amines) is 1. The van der Waals surface area contributed by atoms with Crippen molar-refractivity contribution in [2.45, 2.75) is 12.6 Å². The maximum atomic E-state index is 12.9. The number of fused-ring (bicyclic) bond motifs is 1. The summed E-state index contributed by atoms with van der Waals surface area (Å²) in [6, 6.07) is 4.76. The average Bonchev–Trinajstić information content (AvgIpc) is 3.41. The van der Waals surface area contributed by atoms with Crippen LogP contribution in [0.15, 0.2) is 35.8 Å². The number of hydrogen-bond acceptors (Lipinski definition) is 4. The van der Waals surface area contributed by atoms with Crippen LogP contribution in [0.5, 0.6) is 0 Å². The molecular formula is C19H17F3N4O2S. The van der Waals surface area contributed by atoms with E-state index in [-0.39, 0.29) is 17.7 Å². The first-order chi connectivity index (χ1) is 13.8. The zero-order valence-electron chi connectivity index (χ0n) is 15.4. The largest absolute Gasteiger partial charge is 0.416 e. The van der Waals surface area contributed by atoms with Crippen molar-refractivity contribution in [2.24, 2.45) is 5.92 Å². The van der Waals surface area contributed by atoms with E-state index in [1.165, 1.54) is 23.5 Å². The van der Waals surface area contributed by atoms with Crippen LogP contribution in [0.3, 0.4) is 0 Å². The van der Waals surface area contributed by atoms with Crippen LogP contribution in [-0.2, 0) is 11.0 Å². The van der Waals surface area contributed by atoms with Crippen molar-refractivity contribution in [1.82, 2.24) is 19.6 Å². The Bertz CT molecular complexity index is 1070. The summed E-state index contributed by atoms with van der Waals surface area (Å²) in [5.41, 5.74) is 0.725. The Kier molecular flexibility index (Phi) is 4.81. The molecule has 6 nitrogen and oxygen atoms in total. The molecule has 4 rings (SSSR count). The summed E-state index contributed by atoms with van der Waals surface area (Å²) in [6.45, 7) is 0.852. The zero-order valence-corrected chi connectivity index (χ0v) is 16.2. The number of carbonyl (C=O) groups is 2. The molecule has 3 heterocycles. The number of alkyl halides is 3. The molecule has 0 aliphatic carbocycles. The van der Waals surface area contributed by atoms with E-state index < -0.39 is 11.7 Å². The van der Waals surface area contributed by atoms with Crippen molar-refractivity contribution in [3.63, 3.8) is 0 Å². The van der Waals surface area contributed by atoms with Gasteiger partial charge in [0.2, 0.25) is 5.91 Å². The summed E-state index contributed by atoms with van der Waals surface area (Å²) < 4.78 is 39.9. The van der Waals surface area contributed by atoms with Crippen molar-refractivity contribution >= 4 is 28.1 Å². The highest BCUT2D eigenvalue weighted by Crippen LogP contribution is 2.31. The third-order valence-corrected chi connectivity index (χ3v) is 5.87. The number of imidazole rings is 1. The molecule has 2 aromatic heterocycles. The van der Waals surface area contributed by atoms with Gasteiger partial charge in [-0.3, -0.25) is 14.0 Å². The van der Waals surface area contributed by atoms with Crippen LogP contribution in [-0.4, -0.2) is 46.2 Å². The van der Waals surface area contributed by atoms with Gasteiger partial charge in [-0.05, 0) is 18.6 Å². The summed E-state index contributed by atoms with van der Waals surface area (Å²) in [7, 11) is 1.57. The number of carbonyl (C=O) groups excluding carboxylic acids is 2. The minimum atomic E-state index is -4.39. The Hall–Kier alpha value is -2.88. The number of thiazole rings is 1. The van der Waals surface area contributed by atoms with Gasteiger partial charge in [-0.1, -0.05) is 12.1 Å². The fourth-order valence-electron chi connectivity index (χ4n) is 3.43. The molecule has 1 atom stereocenters. The molecule has 0 radical (unpaired) electrons. The van der Waals surface area contributed by atoms with E-state index in [9.17, 15) is 22.8 Å². The molecule has 1 aromatic carbocycles. The van der Waals surface area contributed by atoms with E-state index in [2.05, 4.69) is 10.3 Å². The van der Waals surface area contributed by atoms with Crippen LogP contribution in [0.2, 0.25) is 0 Å². The topological polar surface area (TPSA) is 66.7 Å². The van der Waals surface area contributed by atoms with E-state index in [1.54, 1.807) is 27.9 Å². The minimum Gasteiger partial charge on any atom is -0.359 e. The highest BCUT2D eigenvalue weighted by atomic mass is 32.1. The summed E-state index contributed by atoms with van der Waals surface area (Å²) in [4.78, 5) is 31.3. The van der Waals surface area contributed by atoms with Gasteiger partial charge in [0.05, 0.1) is 17.2 Å². The van der Waals surface area contributed by atoms with Gasteiger partial charge in [0, 0.05) is 37.3 Å². The number of benzene rings is 1. The number of amides is 2. The van der Waals surface area contributed by atoms with Crippen LogP contribution in [0, 0.1) is 5.92 Å². The first-order valence-electron chi connectivity index (χ1n) is 8.93. The van der Waals surface area contributed by atoms with Gasteiger partial charge in [-0.2, -0.15) is 13.2 Å². The SMILES string of the molecule is CNC(=O)C1CCN(C(=O)c2csc3nc(-c4ccc(C(F)(F)F)cc4)cn23)C1. The van der Waals surface area contributed by atoms with Crippen molar-refractivity contribution in [2.75, 3.05) is 20.1 Å². The normalized spacial score (nSPS) is 17.1. The Morgan fingerprint density at radius 3 is 2.62 bits per heavy atom. The molecule has 1 saturated heterocycles. The smallest absolute Gasteiger partial charge is 0.359 e. The fraction of sp³-hybridized carbons (Fsp3) is 0.316. The van der Waals surface area contributed by atoms with Gasteiger partial charge in [-0.25, -0.2) is 4.98 Å². The van der Waals surface area contributed by atoms with Crippen molar-refractivity contribution < 1.29 is 22.8 Å². The minimum absolute atomic E-state index is 0.0806. The quantitative estimate of drug-likeness (QED) is 0.705. The standard InChI is InChI=1S/C19H17F3N4O2S/c1-23-16(27)12-6-7-25(8-12)17(28)15-10-29-18-24-14(9-26(15)18)11-2-4-13(5-3-11)19(20,21)22/h2-5,9-10,12H,6-8H2,1H3,(H,23,27). The molecule has 1 aliphatic heterocycles. The zero-order chi connectivity index (χ0) is 20.8. The van der Waals surface area contributed by atoms with Gasteiger partial charge < -0.3 is 10.2 Å². The number of nitrogens with zero attached hydrogens (tertiary/aromatic N) is 3. The van der Waals surface area contributed by atoms with E-state index >= 15 is 0 Å². The maximum absolute atomic E-state index is 12.9. The summed E-state index contributed by atoms with van der Waals surface area (Å²) in [6.07, 6.45) is -2.14. The van der Waals surface area contributed by atoms with Crippen LogP contribution in [0.4, 0.5) is 13.2 Å². The predicted octanol–water partition coefficient (Wildman–Crippen LogP) is 3.29. The Balaban J connectivity index is 1.58. The van der Waals surface area contributed by atoms with Crippen LogP contribution < -0.4 is 5.32 Å². The van der Waals surface area contributed by atoms with Gasteiger partial charge in [-0.15, -0.1) is 11.3 Å². The number of nitrogens with one attached hydrogen (secondary N) is 1. The fourth-order valence-corrected chi connectivity index (χ4v) is 4.28. The lowest BCUT2D eigenvalue weighted by molar-refractivity contribution is -0.137. The predicted molar refractivity (Wildman–Crippen MR) is 102 cm³/mol. The van der Waals surface area contributed by atoms with Gasteiger partial charge in [0.15, 0.2) is 4.96 Å². The van der Waals surface area contributed by atoms with Gasteiger partial charge >= 0.3 is 6.18 Å². The molecule has 1 unspecified atom stereocenters. The lowest BCUT2D eigenvalue weighted by atomic mass is 10.1. The number of halogens is 3. The van der Waals surface area contributed by atoms with Gasteiger partial charge in [0.1, 0.15) is 5.69 Å². The van der Waals surface area contributed by atoms with Crippen molar-refractivity contribution in [3.05, 3.63) is 47.1 Å². The van der Waals surface area contributed by atoms with Crippen molar-refractivity contribution in [3.8, 4) is 11.3 Å². The highest BCUT2D eigenvalue weighted by molar-refractivity contribution is 7.15. The van der Waals surface area contributed by atoms with Crippen LogP contribution in [0.1, 0.15) is 22.5 Å². The lowest BCUT2D eigenvalue weighted by Gasteiger charge is -2.15. The third-order valence-electron chi connectivity index (χ3n) is 5.03. The molecule has 1 fully saturated rings. The Morgan fingerprint density at radius 2 is 1.97 bits per heavy atom. The van der Waals surface area contributed by atoms with E-state index in [0.29, 0.717) is 41.4 Å². The average molecular weight is 422 g/mol. The van der Waals surface area contributed by atoms with Gasteiger partial charge in [0.25, 0.3) is 5.91 Å². The Morgan fingerprint density at radius 1 is 1.24 bits per heavy atom.